The van der Waals surface area contributed by atoms with Gasteiger partial charge in [0.25, 0.3) is 0 Å². The van der Waals surface area contributed by atoms with Crippen molar-refractivity contribution in [1.82, 2.24) is 0 Å². The van der Waals surface area contributed by atoms with E-state index >= 15 is 0 Å². The Morgan fingerprint density at radius 1 is 1.20 bits per heavy atom. The molecule has 4 heteroatoms. The van der Waals surface area contributed by atoms with Crippen LogP contribution in [0.25, 0.3) is 5.70 Å². The maximum atomic E-state index is 14.0. The highest BCUT2D eigenvalue weighted by Crippen LogP contribution is 2.30. The van der Waals surface area contributed by atoms with Crippen molar-refractivity contribution in [2.45, 2.75) is 13.8 Å². The van der Waals surface area contributed by atoms with Crippen LogP contribution in [0.1, 0.15) is 16.7 Å². The zero-order chi connectivity index (χ0) is 14.9. The van der Waals surface area contributed by atoms with Gasteiger partial charge in [-0.3, -0.25) is 0 Å². The van der Waals surface area contributed by atoms with Crippen LogP contribution < -0.4 is 11.1 Å². The molecule has 0 atom stereocenters. The number of hydrogen-bond donors (Lipinski definition) is 2. The number of nitrogens with one attached hydrogen (secondary N) is 1. The Labute approximate surface area is 123 Å². The molecule has 0 amide bonds. The van der Waals surface area contributed by atoms with E-state index in [1.54, 1.807) is 19.1 Å². The van der Waals surface area contributed by atoms with Crippen LogP contribution >= 0.6 is 11.6 Å². The lowest BCUT2D eigenvalue weighted by Gasteiger charge is -2.15. The van der Waals surface area contributed by atoms with Crippen molar-refractivity contribution in [1.29, 1.82) is 0 Å². The van der Waals surface area contributed by atoms with Crippen molar-refractivity contribution in [2.75, 3.05) is 11.1 Å². The molecule has 3 N–H and O–H groups in total. The van der Waals surface area contributed by atoms with Gasteiger partial charge in [0.05, 0.1) is 11.4 Å². The number of halogens is 2. The van der Waals surface area contributed by atoms with Crippen LogP contribution in [0.4, 0.5) is 15.8 Å². The number of aryl methyl sites for hydroxylation is 2. The van der Waals surface area contributed by atoms with Crippen LogP contribution in [0.5, 0.6) is 0 Å². The van der Waals surface area contributed by atoms with Crippen molar-refractivity contribution < 1.29 is 4.39 Å². The molecule has 0 heterocycles. The highest BCUT2D eigenvalue weighted by Gasteiger charge is 2.11. The van der Waals surface area contributed by atoms with Crippen LogP contribution in [0.15, 0.2) is 36.9 Å². The van der Waals surface area contributed by atoms with Gasteiger partial charge in [0.15, 0.2) is 0 Å². The van der Waals surface area contributed by atoms with Crippen LogP contribution in [-0.2, 0) is 0 Å². The van der Waals surface area contributed by atoms with Crippen molar-refractivity contribution in [3.8, 4) is 0 Å². The quantitative estimate of drug-likeness (QED) is 0.800. The van der Waals surface area contributed by atoms with Gasteiger partial charge in [0.1, 0.15) is 5.82 Å². The number of nitrogen functional groups attached to an aromatic ring is 1. The topological polar surface area (TPSA) is 38.0 Å². The van der Waals surface area contributed by atoms with E-state index in [1.165, 1.54) is 6.07 Å². The SMILES string of the molecule is C=C(Nc1c(N)cc(C)cc1F)c1cc(C)ccc1Cl. The Balaban J connectivity index is 2.35. The van der Waals surface area contributed by atoms with Gasteiger partial charge in [-0.2, -0.15) is 0 Å². The summed E-state index contributed by atoms with van der Waals surface area (Å²) in [4.78, 5) is 0. The fourth-order valence-electron chi connectivity index (χ4n) is 1.99. The van der Waals surface area contributed by atoms with Gasteiger partial charge in [-0.05, 0) is 43.7 Å². The minimum absolute atomic E-state index is 0.221. The summed E-state index contributed by atoms with van der Waals surface area (Å²) in [6.45, 7) is 7.65. The average molecular weight is 291 g/mol. The average Bonchev–Trinajstić information content (AvgIpc) is 2.36. The molecule has 2 aromatic carbocycles. The highest BCUT2D eigenvalue weighted by molar-refractivity contribution is 6.32. The molecule has 104 valence electrons. The van der Waals surface area contributed by atoms with E-state index in [0.29, 0.717) is 16.4 Å². The lowest BCUT2D eigenvalue weighted by atomic mass is 10.1. The molecule has 2 nitrogen and oxygen atoms in total. The van der Waals surface area contributed by atoms with Gasteiger partial charge in [-0.15, -0.1) is 0 Å². The molecule has 0 aliphatic heterocycles. The molecule has 20 heavy (non-hydrogen) atoms. The summed E-state index contributed by atoms with van der Waals surface area (Å²) in [5.41, 5.74) is 9.45. The van der Waals surface area contributed by atoms with E-state index in [0.717, 1.165) is 16.7 Å². The predicted octanol–water partition coefficient (Wildman–Crippen LogP) is 4.76. The second-order valence-corrected chi connectivity index (χ2v) is 5.21. The van der Waals surface area contributed by atoms with Gasteiger partial charge in [-0.25, -0.2) is 4.39 Å². The predicted molar refractivity (Wildman–Crippen MR) is 84.4 cm³/mol. The molecular weight excluding hydrogens is 275 g/mol. The Morgan fingerprint density at radius 3 is 2.55 bits per heavy atom. The zero-order valence-corrected chi connectivity index (χ0v) is 12.2. The summed E-state index contributed by atoms with van der Waals surface area (Å²) < 4.78 is 14.0. The third kappa shape index (κ3) is 2.94. The third-order valence-electron chi connectivity index (χ3n) is 2.99. The fraction of sp³-hybridized carbons (Fsp3) is 0.125. The third-order valence-corrected chi connectivity index (χ3v) is 3.32. The lowest BCUT2D eigenvalue weighted by Crippen LogP contribution is -2.04. The van der Waals surface area contributed by atoms with Crippen LogP contribution in [0.2, 0.25) is 5.02 Å². The van der Waals surface area contributed by atoms with E-state index in [4.69, 9.17) is 17.3 Å². The molecule has 0 bridgehead atoms. The summed E-state index contributed by atoms with van der Waals surface area (Å²) in [5, 5.41) is 3.47. The van der Waals surface area contributed by atoms with E-state index in [2.05, 4.69) is 11.9 Å². The second-order valence-electron chi connectivity index (χ2n) is 4.80. The Kier molecular flexibility index (Phi) is 4.00. The Bertz CT molecular complexity index is 657. The largest absolute Gasteiger partial charge is 0.397 e. The van der Waals surface area contributed by atoms with E-state index in [-0.39, 0.29) is 5.69 Å². The molecule has 0 saturated heterocycles. The molecule has 0 spiro atoms. The fourth-order valence-corrected chi connectivity index (χ4v) is 2.22. The maximum Gasteiger partial charge on any atom is 0.149 e. The molecule has 2 aromatic rings. The molecule has 0 aliphatic carbocycles. The summed E-state index contributed by atoms with van der Waals surface area (Å²) in [7, 11) is 0. The molecule has 0 fully saturated rings. The molecule has 0 aromatic heterocycles. The number of benzene rings is 2. The van der Waals surface area contributed by atoms with Crippen LogP contribution in [0.3, 0.4) is 0 Å². The summed E-state index contributed by atoms with van der Waals surface area (Å²) in [5.74, 6) is -0.410. The van der Waals surface area contributed by atoms with E-state index in [1.807, 2.05) is 19.1 Å². The first kappa shape index (κ1) is 14.4. The van der Waals surface area contributed by atoms with Crippen LogP contribution in [-0.4, -0.2) is 0 Å². The van der Waals surface area contributed by atoms with Gasteiger partial charge >= 0.3 is 0 Å². The minimum Gasteiger partial charge on any atom is -0.397 e. The monoisotopic (exact) mass is 290 g/mol. The van der Waals surface area contributed by atoms with Gasteiger partial charge in [0.2, 0.25) is 0 Å². The Hall–Kier alpha value is -2.00. The van der Waals surface area contributed by atoms with Gasteiger partial charge in [0, 0.05) is 16.3 Å². The molecule has 2 rings (SSSR count). The van der Waals surface area contributed by atoms with Crippen molar-refractivity contribution in [3.63, 3.8) is 0 Å². The summed E-state index contributed by atoms with van der Waals surface area (Å²) in [6.07, 6.45) is 0. The smallest absolute Gasteiger partial charge is 0.149 e. The molecule has 0 unspecified atom stereocenters. The minimum atomic E-state index is -0.410. The van der Waals surface area contributed by atoms with E-state index < -0.39 is 5.82 Å². The molecular formula is C16H16ClFN2. The lowest BCUT2D eigenvalue weighted by molar-refractivity contribution is 0.631. The number of anilines is 2. The molecule has 0 saturated carbocycles. The number of hydrogen-bond acceptors (Lipinski definition) is 2. The highest BCUT2D eigenvalue weighted by atomic mass is 35.5. The molecule has 0 aliphatic rings. The number of rotatable bonds is 3. The number of nitrogens with two attached hydrogens (primary N) is 1. The summed E-state index contributed by atoms with van der Waals surface area (Å²) >= 11 is 6.14. The zero-order valence-electron chi connectivity index (χ0n) is 11.4. The Morgan fingerprint density at radius 2 is 1.90 bits per heavy atom. The van der Waals surface area contributed by atoms with Crippen molar-refractivity contribution in [3.05, 3.63) is 64.4 Å². The normalized spacial score (nSPS) is 10.4. The first-order valence-corrected chi connectivity index (χ1v) is 6.54. The summed E-state index contributed by atoms with van der Waals surface area (Å²) in [6, 6.07) is 8.70. The standard InChI is InChI=1S/C16H16ClFN2/c1-9-4-5-13(17)12(6-9)11(3)20-16-14(18)7-10(2)8-15(16)19/h4-8,20H,3,19H2,1-2H3. The van der Waals surface area contributed by atoms with Crippen LogP contribution in [0, 0.1) is 19.7 Å². The molecule has 0 radical (unpaired) electrons. The van der Waals surface area contributed by atoms with Gasteiger partial charge < -0.3 is 11.1 Å². The van der Waals surface area contributed by atoms with E-state index in [9.17, 15) is 4.39 Å². The van der Waals surface area contributed by atoms with Crippen molar-refractivity contribution in [2.24, 2.45) is 0 Å². The maximum absolute atomic E-state index is 14.0. The van der Waals surface area contributed by atoms with Gasteiger partial charge in [-0.1, -0.05) is 29.8 Å². The second kappa shape index (κ2) is 5.55. The first-order valence-electron chi connectivity index (χ1n) is 6.16. The first-order chi connectivity index (χ1) is 9.38. The van der Waals surface area contributed by atoms with Crippen molar-refractivity contribution >= 4 is 28.7 Å².